The summed E-state index contributed by atoms with van der Waals surface area (Å²) in [6.07, 6.45) is 2.65. The van der Waals surface area contributed by atoms with Gasteiger partial charge in [0.05, 0.1) is 11.9 Å². The minimum atomic E-state index is -3.55. The Balaban J connectivity index is 3.16. The monoisotopic (exact) mass is 310 g/mol. The number of sulfonamides is 1. The largest absolute Gasteiger partial charge is 0.351 e. The predicted octanol–water partition coefficient (Wildman–Crippen LogP) is 1.88. The second-order valence-electron chi connectivity index (χ2n) is 5.08. The Bertz CT molecular complexity index is 609. The van der Waals surface area contributed by atoms with E-state index in [1.807, 2.05) is 26.0 Å². The maximum atomic E-state index is 12.0. The first-order valence-corrected chi connectivity index (χ1v) is 8.56. The Morgan fingerprint density at radius 3 is 2.52 bits per heavy atom. The van der Waals surface area contributed by atoms with Gasteiger partial charge in [0.15, 0.2) is 0 Å². The topological polar surface area (TPSA) is 66.5 Å². The highest BCUT2D eigenvalue weighted by Gasteiger charge is 2.23. The van der Waals surface area contributed by atoms with Crippen LogP contribution in [0.4, 0.5) is 5.69 Å². The maximum absolute atomic E-state index is 12.0. The van der Waals surface area contributed by atoms with Gasteiger partial charge in [-0.1, -0.05) is 38.1 Å². The van der Waals surface area contributed by atoms with Gasteiger partial charge in [-0.3, -0.25) is 9.10 Å². The van der Waals surface area contributed by atoms with Crippen molar-refractivity contribution < 1.29 is 13.2 Å². The highest BCUT2D eigenvalue weighted by molar-refractivity contribution is 7.92. The number of hydrogen-bond donors (Lipinski definition) is 1. The third kappa shape index (κ3) is 4.90. The quantitative estimate of drug-likeness (QED) is 0.782. The summed E-state index contributed by atoms with van der Waals surface area (Å²) < 4.78 is 25.2. The van der Waals surface area contributed by atoms with Gasteiger partial charge in [-0.15, -0.1) is 6.58 Å². The van der Waals surface area contributed by atoms with E-state index in [2.05, 4.69) is 11.9 Å². The first kappa shape index (κ1) is 17.2. The number of anilines is 1. The van der Waals surface area contributed by atoms with E-state index in [0.29, 0.717) is 12.2 Å². The third-order valence-electron chi connectivity index (χ3n) is 2.96. The van der Waals surface area contributed by atoms with Gasteiger partial charge in [0.1, 0.15) is 6.54 Å². The molecule has 0 saturated carbocycles. The molecule has 1 rings (SSSR count). The van der Waals surface area contributed by atoms with Crippen LogP contribution in [0.15, 0.2) is 36.9 Å². The Hall–Kier alpha value is -1.82. The van der Waals surface area contributed by atoms with Crippen LogP contribution >= 0.6 is 0 Å². The van der Waals surface area contributed by atoms with Crippen LogP contribution in [-0.4, -0.2) is 33.7 Å². The molecular weight excluding hydrogens is 288 g/mol. The SMILES string of the molecule is C=CCNC(=O)CN(c1ccccc1C(C)C)S(C)(=O)=O. The van der Waals surface area contributed by atoms with E-state index in [1.54, 1.807) is 18.2 Å². The van der Waals surface area contributed by atoms with Crippen molar-refractivity contribution in [2.45, 2.75) is 19.8 Å². The number of carbonyl (C=O) groups is 1. The lowest BCUT2D eigenvalue weighted by atomic mass is 10.0. The number of nitrogens with one attached hydrogen (secondary N) is 1. The lowest BCUT2D eigenvalue weighted by Crippen LogP contribution is -2.40. The van der Waals surface area contributed by atoms with Gasteiger partial charge in [-0.25, -0.2) is 8.42 Å². The molecule has 0 aliphatic rings. The maximum Gasteiger partial charge on any atom is 0.241 e. The molecule has 0 atom stereocenters. The Morgan fingerprint density at radius 2 is 2.00 bits per heavy atom. The summed E-state index contributed by atoms with van der Waals surface area (Å²) in [7, 11) is -3.55. The molecule has 1 N–H and O–H groups in total. The molecule has 0 radical (unpaired) electrons. The van der Waals surface area contributed by atoms with E-state index in [4.69, 9.17) is 0 Å². The van der Waals surface area contributed by atoms with Crippen molar-refractivity contribution in [2.24, 2.45) is 0 Å². The molecule has 0 bridgehead atoms. The highest BCUT2D eigenvalue weighted by Crippen LogP contribution is 2.28. The van der Waals surface area contributed by atoms with Crippen molar-refractivity contribution in [3.05, 3.63) is 42.5 Å². The molecular formula is C15H22N2O3S. The Morgan fingerprint density at radius 1 is 1.38 bits per heavy atom. The molecule has 1 aromatic rings. The Kier molecular flexibility index (Phi) is 5.96. The van der Waals surface area contributed by atoms with Crippen molar-refractivity contribution in [3.63, 3.8) is 0 Å². The fraction of sp³-hybridized carbons (Fsp3) is 0.400. The summed E-state index contributed by atoms with van der Waals surface area (Å²) in [6.45, 7) is 7.54. The zero-order valence-corrected chi connectivity index (χ0v) is 13.5. The number of nitrogens with zero attached hydrogens (tertiary/aromatic N) is 1. The van der Waals surface area contributed by atoms with E-state index in [0.717, 1.165) is 16.1 Å². The van der Waals surface area contributed by atoms with E-state index in [1.165, 1.54) is 0 Å². The zero-order valence-electron chi connectivity index (χ0n) is 12.7. The molecule has 0 spiro atoms. The first-order valence-electron chi connectivity index (χ1n) is 6.71. The van der Waals surface area contributed by atoms with Crippen molar-refractivity contribution in [1.82, 2.24) is 5.32 Å². The average Bonchev–Trinajstić information content (AvgIpc) is 2.41. The van der Waals surface area contributed by atoms with Crippen molar-refractivity contribution >= 4 is 21.6 Å². The minimum Gasteiger partial charge on any atom is -0.351 e. The normalized spacial score (nSPS) is 11.2. The predicted molar refractivity (Wildman–Crippen MR) is 85.9 cm³/mol. The first-order chi connectivity index (χ1) is 9.77. The van der Waals surface area contributed by atoms with Crippen LogP contribution in [0.2, 0.25) is 0 Å². The third-order valence-corrected chi connectivity index (χ3v) is 4.09. The fourth-order valence-electron chi connectivity index (χ4n) is 1.96. The number of benzene rings is 1. The van der Waals surface area contributed by atoms with Gasteiger partial charge >= 0.3 is 0 Å². The lowest BCUT2D eigenvalue weighted by Gasteiger charge is -2.25. The van der Waals surface area contributed by atoms with E-state index >= 15 is 0 Å². The summed E-state index contributed by atoms with van der Waals surface area (Å²) in [5, 5.41) is 2.59. The van der Waals surface area contributed by atoms with E-state index < -0.39 is 10.0 Å². The van der Waals surface area contributed by atoms with Gasteiger partial charge in [0.2, 0.25) is 15.9 Å². The molecule has 116 valence electrons. The number of rotatable bonds is 7. The molecule has 0 unspecified atom stereocenters. The number of hydrogen-bond acceptors (Lipinski definition) is 3. The average molecular weight is 310 g/mol. The molecule has 0 aliphatic heterocycles. The summed E-state index contributed by atoms with van der Waals surface area (Å²) in [4.78, 5) is 11.8. The molecule has 0 fully saturated rings. The zero-order chi connectivity index (χ0) is 16.0. The molecule has 0 heterocycles. The van der Waals surface area contributed by atoms with Gasteiger partial charge in [0, 0.05) is 6.54 Å². The van der Waals surface area contributed by atoms with E-state index in [9.17, 15) is 13.2 Å². The van der Waals surface area contributed by atoms with Crippen LogP contribution in [0, 0.1) is 0 Å². The molecule has 5 nitrogen and oxygen atoms in total. The van der Waals surface area contributed by atoms with Crippen LogP contribution in [0.3, 0.4) is 0 Å². The summed E-state index contributed by atoms with van der Waals surface area (Å²) in [5.74, 6) is -0.208. The highest BCUT2D eigenvalue weighted by atomic mass is 32.2. The second-order valence-corrected chi connectivity index (χ2v) is 6.98. The molecule has 1 aromatic carbocycles. The van der Waals surface area contributed by atoms with Crippen LogP contribution in [0.25, 0.3) is 0 Å². The number of para-hydroxylation sites is 1. The smallest absolute Gasteiger partial charge is 0.241 e. The summed E-state index contributed by atoms with van der Waals surface area (Å²) in [6, 6.07) is 7.22. The number of carbonyl (C=O) groups excluding carboxylic acids is 1. The second kappa shape index (κ2) is 7.26. The van der Waals surface area contributed by atoms with Gasteiger partial charge in [-0.05, 0) is 17.5 Å². The lowest BCUT2D eigenvalue weighted by molar-refractivity contribution is -0.119. The molecule has 21 heavy (non-hydrogen) atoms. The van der Waals surface area contributed by atoms with Gasteiger partial charge in [-0.2, -0.15) is 0 Å². The van der Waals surface area contributed by atoms with Crippen molar-refractivity contribution in [3.8, 4) is 0 Å². The molecule has 0 aliphatic carbocycles. The van der Waals surface area contributed by atoms with Crippen LogP contribution in [0.1, 0.15) is 25.3 Å². The van der Waals surface area contributed by atoms with Crippen LogP contribution < -0.4 is 9.62 Å². The van der Waals surface area contributed by atoms with Gasteiger partial charge < -0.3 is 5.32 Å². The molecule has 0 aromatic heterocycles. The fourth-order valence-corrected chi connectivity index (χ4v) is 2.83. The minimum absolute atomic E-state index is 0.154. The standard InChI is InChI=1S/C15H22N2O3S/c1-5-10-16-15(18)11-17(21(4,19)20)14-9-7-6-8-13(14)12(2)3/h5-9,12H,1,10-11H2,2-4H3,(H,16,18). The van der Waals surface area contributed by atoms with E-state index in [-0.39, 0.29) is 18.4 Å². The molecule has 1 amide bonds. The van der Waals surface area contributed by atoms with Gasteiger partial charge in [0.25, 0.3) is 0 Å². The molecule has 0 saturated heterocycles. The summed E-state index contributed by atoms with van der Waals surface area (Å²) in [5.41, 5.74) is 1.43. The molecule has 6 heteroatoms. The Labute approximate surface area is 126 Å². The summed E-state index contributed by atoms with van der Waals surface area (Å²) >= 11 is 0. The van der Waals surface area contributed by atoms with Crippen molar-refractivity contribution in [2.75, 3.05) is 23.7 Å². The number of amides is 1. The van der Waals surface area contributed by atoms with Crippen LogP contribution in [0.5, 0.6) is 0 Å². The van der Waals surface area contributed by atoms with Crippen molar-refractivity contribution in [1.29, 1.82) is 0 Å². The van der Waals surface area contributed by atoms with Crippen LogP contribution in [-0.2, 0) is 14.8 Å².